The van der Waals surface area contributed by atoms with E-state index in [2.05, 4.69) is 10.3 Å². The van der Waals surface area contributed by atoms with E-state index in [9.17, 15) is 4.39 Å². The fourth-order valence-corrected chi connectivity index (χ4v) is 1.23. The van der Waals surface area contributed by atoms with Crippen LogP contribution >= 0.6 is 11.6 Å². The minimum absolute atomic E-state index is 0.464. The molecule has 1 aromatic heterocycles. The fourth-order valence-electron chi connectivity index (χ4n) is 1.05. The Bertz CT molecular complexity index is 302. The summed E-state index contributed by atoms with van der Waals surface area (Å²) in [5.41, 5.74) is 0.970. The number of anilines is 1. The van der Waals surface area contributed by atoms with E-state index in [1.807, 2.05) is 13.0 Å². The lowest BCUT2D eigenvalue weighted by molar-refractivity contribution is 0.348. The van der Waals surface area contributed by atoms with Crippen molar-refractivity contribution < 1.29 is 4.39 Å². The molecule has 14 heavy (non-hydrogen) atoms. The summed E-state index contributed by atoms with van der Waals surface area (Å²) in [4.78, 5) is 4.07. The van der Waals surface area contributed by atoms with Gasteiger partial charge in [-0.25, -0.2) is 9.37 Å². The Morgan fingerprint density at radius 3 is 3.00 bits per heavy atom. The number of rotatable bonds is 4. The number of nitrogens with zero attached hydrogens (tertiary/aromatic N) is 1. The van der Waals surface area contributed by atoms with Crippen molar-refractivity contribution in [3.63, 3.8) is 0 Å². The van der Waals surface area contributed by atoms with Crippen LogP contribution in [0.4, 0.5) is 10.2 Å². The summed E-state index contributed by atoms with van der Waals surface area (Å²) >= 11 is 5.99. The van der Waals surface area contributed by atoms with Gasteiger partial charge >= 0.3 is 0 Å². The molecule has 1 rings (SSSR count). The first kappa shape index (κ1) is 11.2. The summed E-state index contributed by atoms with van der Waals surface area (Å²) in [5.74, 6) is 0.632. The van der Waals surface area contributed by atoms with Gasteiger partial charge in [0.05, 0.1) is 11.2 Å². The van der Waals surface area contributed by atoms with Crippen LogP contribution in [0.5, 0.6) is 0 Å². The molecule has 2 nitrogen and oxygen atoms in total. The summed E-state index contributed by atoms with van der Waals surface area (Å²) in [6, 6.07) is 1.84. The molecule has 78 valence electrons. The third-order valence-electron chi connectivity index (χ3n) is 1.92. The smallest absolute Gasteiger partial charge is 0.145 e. The van der Waals surface area contributed by atoms with E-state index in [0.29, 0.717) is 23.8 Å². The maximum Gasteiger partial charge on any atom is 0.145 e. The van der Waals surface area contributed by atoms with Crippen LogP contribution < -0.4 is 5.32 Å². The molecule has 0 amide bonds. The van der Waals surface area contributed by atoms with E-state index < -0.39 is 6.17 Å². The van der Waals surface area contributed by atoms with Crippen molar-refractivity contribution in [2.45, 2.75) is 26.4 Å². The molecule has 0 aliphatic rings. The van der Waals surface area contributed by atoms with E-state index in [0.717, 1.165) is 5.56 Å². The van der Waals surface area contributed by atoms with Crippen LogP contribution in [0.3, 0.4) is 0 Å². The van der Waals surface area contributed by atoms with Crippen molar-refractivity contribution in [2.24, 2.45) is 0 Å². The van der Waals surface area contributed by atoms with Crippen molar-refractivity contribution in [1.29, 1.82) is 0 Å². The highest BCUT2D eigenvalue weighted by Gasteiger charge is 2.04. The second-order valence-corrected chi connectivity index (χ2v) is 3.66. The lowest BCUT2D eigenvalue weighted by Crippen LogP contribution is -2.08. The number of pyridine rings is 1. The first-order chi connectivity index (χ1) is 6.61. The molecule has 1 heterocycles. The van der Waals surface area contributed by atoms with Crippen LogP contribution in [-0.4, -0.2) is 17.7 Å². The van der Waals surface area contributed by atoms with Gasteiger partial charge in [0, 0.05) is 12.7 Å². The van der Waals surface area contributed by atoms with Crippen LogP contribution in [0.25, 0.3) is 0 Å². The van der Waals surface area contributed by atoms with Crippen LogP contribution in [0, 0.1) is 6.92 Å². The molecule has 1 unspecified atom stereocenters. The molecule has 0 spiro atoms. The van der Waals surface area contributed by atoms with Gasteiger partial charge in [0.1, 0.15) is 5.82 Å². The van der Waals surface area contributed by atoms with Gasteiger partial charge in [-0.15, -0.1) is 0 Å². The standard InChI is InChI=1S/C10H14ClFN2/c1-7-3-5-13-10(9(7)11)14-6-4-8(2)12/h3,5,8H,4,6H2,1-2H3,(H,13,14). The molecule has 4 heteroatoms. The Hall–Kier alpha value is -0.830. The first-order valence-corrected chi connectivity index (χ1v) is 4.98. The number of aromatic nitrogens is 1. The van der Waals surface area contributed by atoms with Crippen molar-refractivity contribution in [2.75, 3.05) is 11.9 Å². The van der Waals surface area contributed by atoms with E-state index >= 15 is 0 Å². The zero-order valence-corrected chi connectivity index (χ0v) is 9.11. The van der Waals surface area contributed by atoms with Crippen LogP contribution in [0.1, 0.15) is 18.9 Å². The molecular weight excluding hydrogens is 203 g/mol. The zero-order chi connectivity index (χ0) is 10.6. The number of hydrogen-bond donors (Lipinski definition) is 1. The van der Waals surface area contributed by atoms with E-state index in [1.165, 1.54) is 6.92 Å². The second-order valence-electron chi connectivity index (χ2n) is 3.29. The average Bonchev–Trinajstić information content (AvgIpc) is 2.12. The summed E-state index contributed by atoms with van der Waals surface area (Å²) in [6.45, 7) is 3.99. The van der Waals surface area contributed by atoms with Gasteiger partial charge in [-0.05, 0) is 31.9 Å². The van der Waals surface area contributed by atoms with Crippen LogP contribution in [-0.2, 0) is 0 Å². The highest BCUT2D eigenvalue weighted by Crippen LogP contribution is 2.22. The van der Waals surface area contributed by atoms with Crippen molar-refractivity contribution in [3.8, 4) is 0 Å². The predicted molar refractivity (Wildman–Crippen MR) is 57.7 cm³/mol. The Morgan fingerprint density at radius 2 is 2.36 bits per heavy atom. The van der Waals surface area contributed by atoms with Crippen LogP contribution in [0.2, 0.25) is 5.02 Å². The number of nitrogens with one attached hydrogen (secondary N) is 1. The SMILES string of the molecule is Cc1ccnc(NCCC(C)F)c1Cl. The third kappa shape index (κ3) is 3.14. The first-order valence-electron chi connectivity index (χ1n) is 4.60. The van der Waals surface area contributed by atoms with Gasteiger partial charge in [-0.1, -0.05) is 11.6 Å². The molecule has 0 saturated carbocycles. The molecular formula is C10H14ClFN2. The Labute approximate surface area is 88.5 Å². The van der Waals surface area contributed by atoms with E-state index in [1.54, 1.807) is 6.20 Å². The Morgan fingerprint density at radius 1 is 1.64 bits per heavy atom. The Kier molecular flexibility index (Phi) is 4.14. The molecule has 0 saturated heterocycles. The topological polar surface area (TPSA) is 24.9 Å². The maximum absolute atomic E-state index is 12.5. The minimum atomic E-state index is -0.800. The molecule has 1 N–H and O–H groups in total. The third-order valence-corrected chi connectivity index (χ3v) is 2.39. The van der Waals surface area contributed by atoms with Gasteiger partial charge in [0.15, 0.2) is 0 Å². The Balaban J connectivity index is 2.54. The average molecular weight is 217 g/mol. The summed E-state index contributed by atoms with van der Waals surface area (Å²) in [7, 11) is 0. The highest BCUT2D eigenvalue weighted by atomic mass is 35.5. The summed E-state index contributed by atoms with van der Waals surface area (Å²) in [5, 5.41) is 3.61. The van der Waals surface area contributed by atoms with Crippen molar-refractivity contribution >= 4 is 17.4 Å². The van der Waals surface area contributed by atoms with Gasteiger partial charge in [-0.3, -0.25) is 0 Å². The number of alkyl halides is 1. The molecule has 1 atom stereocenters. The number of halogens is 2. The second kappa shape index (κ2) is 5.15. The molecule has 0 bridgehead atoms. The fraction of sp³-hybridized carbons (Fsp3) is 0.500. The quantitative estimate of drug-likeness (QED) is 0.836. The molecule has 1 aromatic rings. The van der Waals surface area contributed by atoms with Gasteiger partial charge in [-0.2, -0.15) is 0 Å². The molecule has 0 radical (unpaired) electrons. The summed E-state index contributed by atoms with van der Waals surface area (Å²) in [6.07, 6.45) is 1.35. The van der Waals surface area contributed by atoms with E-state index in [4.69, 9.17) is 11.6 Å². The molecule has 0 aliphatic heterocycles. The largest absolute Gasteiger partial charge is 0.369 e. The highest BCUT2D eigenvalue weighted by molar-refractivity contribution is 6.33. The van der Waals surface area contributed by atoms with Crippen molar-refractivity contribution in [1.82, 2.24) is 4.98 Å². The zero-order valence-electron chi connectivity index (χ0n) is 8.35. The lowest BCUT2D eigenvalue weighted by atomic mass is 10.3. The van der Waals surface area contributed by atoms with Crippen LogP contribution in [0.15, 0.2) is 12.3 Å². The molecule has 0 aromatic carbocycles. The minimum Gasteiger partial charge on any atom is -0.369 e. The lowest BCUT2D eigenvalue weighted by Gasteiger charge is -2.08. The van der Waals surface area contributed by atoms with Gasteiger partial charge in [0.2, 0.25) is 0 Å². The normalized spacial score (nSPS) is 12.6. The van der Waals surface area contributed by atoms with Gasteiger partial charge in [0.25, 0.3) is 0 Å². The molecule has 0 aliphatic carbocycles. The monoisotopic (exact) mass is 216 g/mol. The van der Waals surface area contributed by atoms with Crippen molar-refractivity contribution in [3.05, 3.63) is 22.8 Å². The molecule has 0 fully saturated rings. The van der Waals surface area contributed by atoms with Gasteiger partial charge < -0.3 is 5.32 Å². The number of aryl methyl sites for hydroxylation is 1. The summed E-state index contributed by atoms with van der Waals surface area (Å²) < 4.78 is 12.5. The maximum atomic E-state index is 12.5. The predicted octanol–water partition coefficient (Wildman–Crippen LogP) is 3.20. The number of hydrogen-bond acceptors (Lipinski definition) is 2. The van der Waals surface area contributed by atoms with E-state index in [-0.39, 0.29) is 0 Å².